The Morgan fingerprint density at radius 3 is 1.40 bits per heavy atom. The van der Waals surface area contributed by atoms with Crippen LogP contribution < -0.4 is 9.47 Å². The lowest BCUT2D eigenvalue weighted by Gasteiger charge is -2.27. The molecular weight excluding hydrogens is 688 g/mol. The van der Waals surface area contributed by atoms with E-state index >= 15 is 0 Å². The van der Waals surface area contributed by atoms with E-state index in [-0.39, 0.29) is 11.1 Å². The van der Waals surface area contributed by atoms with Crippen LogP contribution in [-0.4, -0.2) is 108 Å². The molecule has 53 heavy (non-hydrogen) atoms. The van der Waals surface area contributed by atoms with Gasteiger partial charge in [0.15, 0.2) is 24.8 Å². The molecule has 3 aliphatic heterocycles. The molecule has 0 radical (unpaired) electrons. The van der Waals surface area contributed by atoms with Gasteiger partial charge in [0.2, 0.25) is 0 Å². The summed E-state index contributed by atoms with van der Waals surface area (Å²) >= 11 is 0. The SMILES string of the molecule is CC(C)(C)OC(=O)N1CCC[C@H]1C(=O)OCC(=O)c1ccc2c(c1)OCCCOc1cc(C(=O)COC(=O)[C@@H]3CCCN3C(=O)OC(C)(C)C)ccc1-2. The van der Waals surface area contributed by atoms with Crippen LogP contribution in [0.1, 0.15) is 94.4 Å². The van der Waals surface area contributed by atoms with Gasteiger partial charge in [-0.05, 0) is 91.5 Å². The Hall–Kier alpha value is -5.14. The Morgan fingerprint density at radius 1 is 0.623 bits per heavy atom. The number of rotatable bonds is 8. The summed E-state index contributed by atoms with van der Waals surface area (Å²) in [5.41, 5.74) is 0.308. The minimum absolute atomic E-state index is 0.259. The van der Waals surface area contributed by atoms with Crippen molar-refractivity contribution in [3.63, 3.8) is 0 Å². The highest BCUT2D eigenvalue weighted by atomic mass is 16.6. The molecule has 0 N–H and O–H groups in total. The predicted octanol–water partition coefficient (Wildman–Crippen LogP) is 5.77. The second-order valence-electron chi connectivity index (χ2n) is 15.2. The van der Waals surface area contributed by atoms with Crippen molar-refractivity contribution in [3.8, 4) is 22.6 Å². The number of amides is 2. The third kappa shape index (κ3) is 10.1. The summed E-state index contributed by atoms with van der Waals surface area (Å²) in [5, 5.41) is 0. The number of ketones is 2. The van der Waals surface area contributed by atoms with E-state index in [1.807, 2.05) is 0 Å². The number of hydrogen-bond acceptors (Lipinski definition) is 12. The number of nitrogens with zero attached hydrogens (tertiary/aromatic N) is 2. The fraction of sp³-hybridized carbons (Fsp3) is 0.538. The maximum atomic E-state index is 13.2. The number of hydrogen-bond donors (Lipinski definition) is 0. The van der Waals surface area contributed by atoms with Crippen molar-refractivity contribution in [1.29, 1.82) is 0 Å². The van der Waals surface area contributed by atoms with Crippen LogP contribution in [0.2, 0.25) is 0 Å². The minimum Gasteiger partial charge on any atom is -0.493 e. The third-order valence-corrected chi connectivity index (χ3v) is 8.70. The summed E-state index contributed by atoms with van der Waals surface area (Å²) < 4.78 is 33.6. The molecule has 3 heterocycles. The molecule has 3 aliphatic rings. The maximum absolute atomic E-state index is 13.2. The quantitative estimate of drug-likeness (QED) is 0.183. The average molecular weight is 737 g/mol. The lowest BCUT2D eigenvalue weighted by atomic mass is 9.98. The maximum Gasteiger partial charge on any atom is 0.411 e. The van der Waals surface area contributed by atoms with E-state index in [0.29, 0.717) is 81.0 Å². The molecule has 14 heteroatoms. The molecule has 2 atom stereocenters. The van der Waals surface area contributed by atoms with Crippen LogP contribution in [-0.2, 0) is 28.5 Å². The highest BCUT2D eigenvalue weighted by Gasteiger charge is 2.39. The van der Waals surface area contributed by atoms with E-state index in [4.69, 9.17) is 28.4 Å². The Labute approximate surface area is 308 Å². The van der Waals surface area contributed by atoms with E-state index in [2.05, 4.69) is 0 Å². The molecule has 286 valence electrons. The molecule has 2 saturated heterocycles. The van der Waals surface area contributed by atoms with Crippen LogP contribution in [0, 0.1) is 0 Å². The molecule has 0 aromatic heterocycles. The molecular formula is C39H48N2O12. The number of ether oxygens (including phenoxy) is 6. The molecule has 0 saturated carbocycles. The van der Waals surface area contributed by atoms with Gasteiger partial charge in [0.25, 0.3) is 0 Å². The van der Waals surface area contributed by atoms with E-state index < -0.39 is 72.2 Å². The van der Waals surface area contributed by atoms with E-state index in [1.54, 1.807) is 77.9 Å². The zero-order valence-corrected chi connectivity index (χ0v) is 31.2. The number of likely N-dealkylation sites (tertiary alicyclic amines) is 2. The first-order chi connectivity index (χ1) is 25.0. The van der Waals surface area contributed by atoms with Crippen molar-refractivity contribution in [1.82, 2.24) is 9.80 Å². The Balaban J connectivity index is 1.23. The summed E-state index contributed by atoms with van der Waals surface area (Å²) in [6.07, 6.45) is 1.35. The lowest BCUT2D eigenvalue weighted by Crippen LogP contribution is -2.44. The lowest BCUT2D eigenvalue weighted by molar-refractivity contribution is -0.148. The first-order valence-electron chi connectivity index (χ1n) is 17.9. The van der Waals surface area contributed by atoms with Gasteiger partial charge < -0.3 is 28.4 Å². The zero-order valence-electron chi connectivity index (χ0n) is 31.2. The first-order valence-corrected chi connectivity index (χ1v) is 17.9. The second-order valence-corrected chi connectivity index (χ2v) is 15.2. The Bertz CT molecular complexity index is 1610. The number of Topliss-reactive ketones (excluding diaryl/α,β-unsaturated/α-hetero) is 2. The molecule has 2 amide bonds. The summed E-state index contributed by atoms with van der Waals surface area (Å²) in [6.45, 7) is 10.7. The number of carbonyl (C=O) groups excluding carboxylic acids is 6. The van der Waals surface area contributed by atoms with Crippen LogP contribution in [0.5, 0.6) is 11.5 Å². The van der Waals surface area contributed by atoms with Crippen LogP contribution in [0.15, 0.2) is 36.4 Å². The fourth-order valence-corrected chi connectivity index (χ4v) is 6.23. The fourth-order valence-electron chi connectivity index (χ4n) is 6.23. The largest absolute Gasteiger partial charge is 0.493 e. The van der Waals surface area contributed by atoms with Crippen molar-refractivity contribution in [2.24, 2.45) is 0 Å². The van der Waals surface area contributed by atoms with Gasteiger partial charge in [-0.2, -0.15) is 0 Å². The summed E-state index contributed by atoms with van der Waals surface area (Å²) in [5.74, 6) is -1.45. The van der Waals surface area contributed by atoms with E-state index in [9.17, 15) is 28.8 Å². The molecule has 0 bridgehead atoms. The normalized spacial score (nSPS) is 18.5. The molecule has 2 aromatic carbocycles. The van der Waals surface area contributed by atoms with Gasteiger partial charge >= 0.3 is 24.1 Å². The standard InChI is InChI=1S/C39H48N2O12/c1-38(2,3)52-36(46)40-16-7-10-28(40)34(44)50-22-30(42)24-12-14-26-27-15-13-25(21-33(27)49-19-9-18-48-32(26)20-24)31(43)23-51-35(45)29-11-8-17-41(29)37(47)53-39(4,5)6/h12-15,20-21,28-29H,7-11,16-19,22-23H2,1-6H3/t28-,29-/m0/s1. The Morgan fingerprint density at radius 2 is 1.02 bits per heavy atom. The number of esters is 2. The molecule has 5 rings (SSSR count). The van der Waals surface area contributed by atoms with Crippen molar-refractivity contribution in [3.05, 3.63) is 47.5 Å². The number of fused-ring (bicyclic) bond motifs is 3. The van der Waals surface area contributed by atoms with Crippen LogP contribution in [0.4, 0.5) is 9.59 Å². The third-order valence-electron chi connectivity index (χ3n) is 8.70. The van der Waals surface area contributed by atoms with Gasteiger partial charge in [0.1, 0.15) is 34.8 Å². The predicted molar refractivity (Wildman–Crippen MR) is 190 cm³/mol. The molecule has 0 aliphatic carbocycles. The summed E-state index contributed by atoms with van der Waals surface area (Å²) in [4.78, 5) is 80.1. The van der Waals surface area contributed by atoms with Crippen LogP contribution in [0.25, 0.3) is 11.1 Å². The van der Waals surface area contributed by atoms with Gasteiger partial charge in [0, 0.05) is 41.8 Å². The molecule has 0 unspecified atom stereocenters. The number of benzene rings is 2. The van der Waals surface area contributed by atoms with Gasteiger partial charge in [-0.3, -0.25) is 19.4 Å². The topological polar surface area (TPSA) is 164 Å². The van der Waals surface area contributed by atoms with Crippen LogP contribution in [0.3, 0.4) is 0 Å². The van der Waals surface area contributed by atoms with Crippen molar-refractivity contribution < 1.29 is 57.2 Å². The highest BCUT2D eigenvalue weighted by molar-refractivity contribution is 6.01. The molecule has 2 fully saturated rings. The van der Waals surface area contributed by atoms with Crippen molar-refractivity contribution in [2.75, 3.05) is 39.5 Å². The van der Waals surface area contributed by atoms with Crippen LogP contribution >= 0.6 is 0 Å². The van der Waals surface area contributed by atoms with Gasteiger partial charge in [-0.25, -0.2) is 19.2 Å². The second kappa shape index (κ2) is 16.3. The Kier molecular flexibility index (Phi) is 12.0. The molecule has 0 spiro atoms. The number of carbonyl (C=O) groups is 6. The van der Waals surface area contributed by atoms with Gasteiger partial charge in [0.05, 0.1) is 13.2 Å². The smallest absolute Gasteiger partial charge is 0.411 e. The molecule has 2 aromatic rings. The highest BCUT2D eigenvalue weighted by Crippen LogP contribution is 2.39. The van der Waals surface area contributed by atoms with E-state index in [0.717, 1.165) is 0 Å². The van der Waals surface area contributed by atoms with E-state index in [1.165, 1.54) is 9.80 Å². The molecule has 14 nitrogen and oxygen atoms in total. The van der Waals surface area contributed by atoms with Crippen molar-refractivity contribution in [2.45, 2.75) is 96.9 Å². The van der Waals surface area contributed by atoms with Gasteiger partial charge in [-0.1, -0.05) is 12.1 Å². The first kappa shape index (κ1) is 39.1. The minimum atomic E-state index is -0.831. The zero-order chi connectivity index (χ0) is 38.5. The van der Waals surface area contributed by atoms with Gasteiger partial charge in [-0.15, -0.1) is 0 Å². The average Bonchev–Trinajstić information content (AvgIpc) is 3.80. The van der Waals surface area contributed by atoms with Crippen molar-refractivity contribution >= 4 is 35.7 Å². The monoisotopic (exact) mass is 736 g/mol. The summed E-state index contributed by atoms with van der Waals surface area (Å²) in [6, 6.07) is 8.05. The summed E-state index contributed by atoms with van der Waals surface area (Å²) in [7, 11) is 0.